The van der Waals surface area contributed by atoms with Gasteiger partial charge in [-0.1, -0.05) is 20.8 Å². The van der Waals surface area contributed by atoms with Crippen molar-refractivity contribution in [3.05, 3.63) is 0 Å². The number of hydrogen-bond donors (Lipinski definition) is 3. The minimum absolute atomic E-state index is 0.174. The summed E-state index contributed by atoms with van der Waals surface area (Å²) >= 11 is 0. The maximum Gasteiger partial charge on any atom is 0.242 e. The van der Waals surface area contributed by atoms with E-state index in [1.54, 1.807) is 34.6 Å². The van der Waals surface area contributed by atoms with Gasteiger partial charge in [0.05, 0.1) is 6.10 Å². The Hall–Kier alpha value is -1.10. The van der Waals surface area contributed by atoms with E-state index in [9.17, 15) is 9.59 Å². The number of aliphatic hydroxyl groups excluding tert-OH is 1. The van der Waals surface area contributed by atoms with Crippen LogP contribution in [0.2, 0.25) is 0 Å². The minimum Gasteiger partial charge on any atom is -0.392 e. The van der Waals surface area contributed by atoms with Gasteiger partial charge in [0.2, 0.25) is 11.8 Å². The van der Waals surface area contributed by atoms with E-state index < -0.39 is 17.6 Å². The number of amides is 2. The summed E-state index contributed by atoms with van der Waals surface area (Å²) in [5.74, 6) is -0.467. The van der Waals surface area contributed by atoms with Crippen molar-refractivity contribution in [2.75, 3.05) is 6.54 Å². The Morgan fingerprint density at radius 2 is 1.75 bits per heavy atom. The van der Waals surface area contributed by atoms with Gasteiger partial charge in [-0.3, -0.25) is 9.59 Å². The van der Waals surface area contributed by atoms with Gasteiger partial charge in [0, 0.05) is 12.0 Å². The fourth-order valence-electron chi connectivity index (χ4n) is 0.880. The summed E-state index contributed by atoms with van der Waals surface area (Å²) in [6.45, 7) is 8.72. The summed E-state index contributed by atoms with van der Waals surface area (Å²) in [5, 5.41) is 14.1. The van der Waals surface area contributed by atoms with Gasteiger partial charge in [-0.15, -0.1) is 0 Å². The molecule has 5 heteroatoms. The zero-order valence-corrected chi connectivity index (χ0v) is 10.6. The highest BCUT2D eigenvalue weighted by atomic mass is 16.3. The highest BCUT2D eigenvalue weighted by Gasteiger charge is 2.24. The number of nitrogens with one attached hydrogen (secondary N) is 2. The smallest absolute Gasteiger partial charge is 0.242 e. The first-order valence-electron chi connectivity index (χ1n) is 5.41. The third-order valence-electron chi connectivity index (χ3n) is 1.99. The normalized spacial score (nSPS) is 15.1. The molecule has 2 amide bonds. The Balaban J connectivity index is 4.11. The molecule has 16 heavy (non-hydrogen) atoms. The van der Waals surface area contributed by atoms with Gasteiger partial charge in [0.25, 0.3) is 0 Å². The molecule has 0 spiro atoms. The predicted molar refractivity (Wildman–Crippen MR) is 61.8 cm³/mol. The van der Waals surface area contributed by atoms with E-state index in [1.807, 2.05) is 0 Å². The Labute approximate surface area is 96.6 Å². The lowest BCUT2D eigenvalue weighted by atomic mass is 9.95. The van der Waals surface area contributed by atoms with Crippen molar-refractivity contribution in [2.24, 2.45) is 5.41 Å². The zero-order chi connectivity index (χ0) is 12.9. The van der Waals surface area contributed by atoms with E-state index in [4.69, 9.17) is 5.11 Å². The molecule has 94 valence electrons. The van der Waals surface area contributed by atoms with Crippen LogP contribution in [0.5, 0.6) is 0 Å². The number of hydrogen-bond acceptors (Lipinski definition) is 3. The lowest BCUT2D eigenvalue weighted by Crippen LogP contribution is -2.49. The zero-order valence-electron chi connectivity index (χ0n) is 10.6. The number of rotatable bonds is 4. The Morgan fingerprint density at radius 1 is 1.25 bits per heavy atom. The molecule has 0 aliphatic heterocycles. The first-order valence-corrected chi connectivity index (χ1v) is 5.41. The molecule has 0 saturated heterocycles. The van der Waals surface area contributed by atoms with Crippen molar-refractivity contribution in [1.82, 2.24) is 10.6 Å². The Morgan fingerprint density at radius 3 is 2.12 bits per heavy atom. The Kier molecular flexibility index (Phi) is 5.44. The van der Waals surface area contributed by atoms with Crippen LogP contribution >= 0.6 is 0 Å². The highest BCUT2D eigenvalue weighted by Crippen LogP contribution is 2.12. The van der Waals surface area contributed by atoms with Crippen molar-refractivity contribution in [3.63, 3.8) is 0 Å². The third-order valence-corrected chi connectivity index (χ3v) is 1.99. The number of carbonyl (C=O) groups excluding carboxylic acids is 2. The quantitative estimate of drug-likeness (QED) is 0.638. The number of aliphatic hydroxyl groups is 1. The van der Waals surface area contributed by atoms with Gasteiger partial charge in [0.1, 0.15) is 6.04 Å². The molecule has 0 bridgehead atoms. The van der Waals surface area contributed by atoms with E-state index >= 15 is 0 Å². The van der Waals surface area contributed by atoms with Crippen molar-refractivity contribution in [1.29, 1.82) is 0 Å². The third kappa shape index (κ3) is 5.70. The second-order valence-corrected chi connectivity index (χ2v) is 5.04. The molecular weight excluding hydrogens is 208 g/mol. The second-order valence-electron chi connectivity index (χ2n) is 5.04. The van der Waals surface area contributed by atoms with Gasteiger partial charge < -0.3 is 15.7 Å². The van der Waals surface area contributed by atoms with Crippen molar-refractivity contribution in [2.45, 2.75) is 46.8 Å². The first-order chi connectivity index (χ1) is 7.14. The molecule has 0 aliphatic carbocycles. The van der Waals surface area contributed by atoms with Crippen LogP contribution in [0.3, 0.4) is 0 Å². The molecule has 0 saturated carbocycles. The Bertz CT molecular complexity index is 256. The van der Waals surface area contributed by atoms with Gasteiger partial charge in [0.15, 0.2) is 0 Å². The van der Waals surface area contributed by atoms with Crippen LogP contribution in [0.4, 0.5) is 0 Å². The SMILES string of the molecule is CC(NC(=O)C(C)(C)C)C(=O)NC[C@H](C)O. The molecule has 2 atom stereocenters. The second kappa shape index (κ2) is 5.84. The summed E-state index contributed by atoms with van der Waals surface area (Å²) in [6.07, 6.45) is -0.588. The monoisotopic (exact) mass is 230 g/mol. The van der Waals surface area contributed by atoms with Crippen molar-refractivity contribution >= 4 is 11.8 Å². The van der Waals surface area contributed by atoms with Crippen LogP contribution in [0, 0.1) is 5.41 Å². The fourth-order valence-corrected chi connectivity index (χ4v) is 0.880. The van der Waals surface area contributed by atoms with Crippen LogP contribution < -0.4 is 10.6 Å². The molecule has 1 unspecified atom stereocenters. The fraction of sp³-hybridized carbons (Fsp3) is 0.818. The van der Waals surface area contributed by atoms with Crippen LogP contribution in [0.15, 0.2) is 0 Å². The largest absolute Gasteiger partial charge is 0.392 e. The van der Waals surface area contributed by atoms with E-state index in [1.165, 1.54) is 0 Å². The van der Waals surface area contributed by atoms with Crippen LogP contribution in [0.25, 0.3) is 0 Å². The first kappa shape index (κ1) is 14.9. The standard InChI is InChI=1S/C11H22N2O3/c1-7(14)6-12-9(15)8(2)13-10(16)11(3,4)5/h7-8,14H,6H2,1-5H3,(H,12,15)(H,13,16)/t7-,8?/m0/s1. The van der Waals surface area contributed by atoms with E-state index in [2.05, 4.69) is 10.6 Å². The summed E-state index contributed by atoms with van der Waals surface area (Å²) in [4.78, 5) is 23.1. The maximum absolute atomic E-state index is 11.6. The molecule has 0 rings (SSSR count). The molecule has 3 N–H and O–H groups in total. The molecule has 0 aliphatic rings. The van der Waals surface area contributed by atoms with Crippen LogP contribution in [0.1, 0.15) is 34.6 Å². The van der Waals surface area contributed by atoms with Gasteiger partial charge in [-0.05, 0) is 13.8 Å². The number of carbonyl (C=O) groups is 2. The highest BCUT2D eigenvalue weighted by molar-refractivity contribution is 5.89. The van der Waals surface area contributed by atoms with E-state index in [0.717, 1.165) is 0 Å². The van der Waals surface area contributed by atoms with Crippen LogP contribution in [-0.4, -0.2) is 35.6 Å². The maximum atomic E-state index is 11.6. The molecule has 0 aromatic carbocycles. The van der Waals surface area contributed by atoms with Crippen molar-refractivity contribution in [3.8, 4) is 0 Å². The molecule has 0 aromatic rings. The summed E-state index contributed by atoms with van der Waals surface area (Å²) in [7, 11) is 0. The molecule has 0 heterocycles. The lowest BCUT2D eigenvalue weighted by Gasteiger charge is -2.21. The summed E-state index contributed by atoms with van der Waals surface area (Å²) in [6, 6.07) is -0.592. The lowest BCUT2D eigenvalue weighted by molar-refractivity contribution is -0.133. The average molecular weight is 230 g/mol. The molecule has 5 nitrogen and oxygen atoms in total. The summed E-state index contributed by atoms with van der Waals surface area (Å²) in [5.41, 5.74) is -0.515. The van der Waals surface area contributed by atoms with E-state index in [-0.39, 0.29) is 18.4 Å². The molecular formula is C11H22N2O3. The van der Waals surface area contributed by atoms with Gasteiger partial charge >= 0.3 is 0 Å². The van der Waals surface area contributed by atoms with Crippen molar-refractivity contribution < 1.29 is 14.7 Å². The molecule has 0 fully saturated rings. The molecule has 0 aromatic heterocycles. The minimum atomic E-state index is -0.592. The topological polar surface area (TPSA) is 78.4 Å². The van der Waals surface area contributed by atoms with E-state index in [0.29, 0.717) is 0 Å². The van der Waals surface area contributed by atoms with Gasteiger partial charge in [-0.25, -0.2) is 0 Å². The molecule has 0 radical (unpaired) electrons. The van der Waals surface area contributed by atoms with Crippen LogP contribution in [-0.2, 0) is 9.59 Å². The van der Waals surface area contributed by atoms with Gasteiger partial charge in [-0.2, -0.15) is 0 Å². The summed E-state index contributed by atoms with van der Waals surface area (Å²) < 4.78 is 0. The average Bonchev–Trinajstić information content (AvgIpc) is 2.12. The predicted octanol–water partition coefficient (Wildman–Crippen LogP) is 0.0342.